The number of nitrogens with two attached hydrogens (primary N) is 1. The van der Waals surface area contributed by atoms with Crippen molar-refractivity contribution in [1.82, 2.24) is 18.7 Å². The van der Waals surface area contributed by atoms with Gasteiger partial charge in [0, 0.05) is 19.6 Å². The first-order valence-electron chi connectivity index (χ1n) is 7.40. The summed E-state index contributed by atoms with van der Waals surface area (Å²) in [5.74, 6) is 0.743. The highest BCUT2D eigenvalue weighted by molar-refractivity contribution is 5.71. The fraction of sp³-hybridized carbons (Fsp3) is 0.643. The van der Waals surface area contributed by atoms with Crippen LogP contribution in [0.15, 0.2) is 9.59 Å². The molecular weight excluding hydrogens is 270 g/mol. The SMILES string of the molecule is CCCn1c(=O)n(C(C)CN)c(=O)c2c1nc(C)n2CC. The van der Waals surface area contributed by atoms with E-state index in [2.05, 4.69) is 4.98 Å². The second-order valence-corrected chi connectivity index (χ2v) is 5.27. The number of hydrogen-bond donors (Lipinski definition) is 1. The molecule has 0 spiro atoms. The van der Waals surface area contributed by atoms with E-state index in [0.717, 1.165) is 12.2 Å². The van der Waals surface area contributed by atoms with Gasteiger partial charge in [-0.25, -0.2) is 9.78 Å². The lowest BCUT2D eigenvalue weighted by atomic mass is 10.3. The van der Waals surface area contributed by atoms with Gasteiger partial charge in [0.2, 0.25) is 0 Å². The predicted molar refractivity (Wildman–Crippen MR) is 82.7 cm³/mol. The Hall–Kier alpha value is -1.89. The number of rotatable bonds is 5. The van der Waals surface area contributed by atoms with E-state index in [1.54, 1.807) is 11.5 Å². The Kier molecular flexibility index (Phi) is 4.32. The fourth-order valence-corrected chi connectivity index (χ4v) is 2.68. The Morgan fingerprint density at radius 3 is 2.43 bits per heavy atom. The summed E-state index contributed by atoms with van der Waals surface area (Å²) in [6.07, 6.45) is 0.794. The molecule has 21 heavy (non-hydrogen) atoms. The summed E-state index contributed by atoms with van der Waals surface area (Å²) >= 11 is 0. The molecule has 2 aromatic rings. The lowest BCUT2D eigenvalue weighted by Gasteiger charge is -2.15. The van der Waals surface area contributed by atoms with Crippen molar-refractivity contribution in [2.24, 2.45) is 5.73 Å². The Balaban J connectivity index is 3.00. The summed E-state index contributed by atoms with van der Waals surface area (Å²) in [5.41, 5.74) is 5.99. The molecule has 0 bridgehead atoms. The molecule has 0 aliphatic carbocycles. The minimum Gasteiger partial charge on any atom is -0.328 e. The molecule has 0 aliphatic heterocycles. The predicted octanol–water partition coefficient (Wildman–Crippen LogP) is 0.618. The van der Waals surface area contributed by atoms with Crippen LogP contribution in [0, 0.1) is 6.92 Å². The maximum atomic E-state index is 12.7. The summed E-state index contributed by atoms with van der Waals surface area (Å²) in [4.78, 5) is 29.8. The van der Waals surface area contributed by atoms with Crippen molar-refractivity contribution >= 4 is 11.2 Å². The van der Waals surface area contributed by atoms with Crippen molar-refractivity contribution in [1.29, 1.82) is 0 Å². The number of imidazole rings is 1. The highest BCUT2D eigenvalue weighted by Gasteiger charge is 2.21. The van der Waals surface area contributed by atoms with Crippen LogP contribution in [-0.2, 0) is 13.1 Å². The molecule has 7 nitrogen and oxygen atoms in total. The van der Waals surface area contributed by atoms with Gasteiger partial charge in [-0.2, -0.15) is 0 Å². The number of hydrogen-bond acceptors (Lipinski definition) is 4. The molecule has 1 unspecified atom stereocenters. The van der Waals surface area contributed by atoms with Gasteiger partial charge in [0.1, 0.15) is 5.82 Å². The highest BCUT2D eigenvalue weighted by Crippen LogP contribution is 2.12. The topological polar surface area (TPSA) is 87.8 Å². The van der Waals surface area contributed by atoms with E-state index in [1.807, 2.05) is 25.3 Å². The molecule has 2 aromatic heterocycles. The van der Waals surface area contributed by atoms with E-state index in [9.17, 15) is 9.59 Å². The van der Waals surface area contributed by atoms with E-state index in [0.29, 0.717) is 24.3 Å². The maximum Gasteiger partial charge on any atom is 0.333 e. The Bertz CT molecular complexity index is 768. The molecule has 0 saturated heterocycles. The van der Waals surface area contributed by atoms with Gasteiger partial charge < -0.3 is 10.3 Å². The molecule has 0 aliphatic rings. The van der Waals surface area contributed by atoms with Crippen LogP contribution in [-0.4, -0.2) is 25.2 Å². The second-order valence-electron chi connectivity index (χ2n) is 5.27. The number of fused-ring (bicyclic) bond motifs is 1. The van der Waals surface area contributed by atoms with Crippen LogP contribution in [0.25, 0.3) is 11.2 Å². The van der Waals surface area contributed by atoms with Crippen LogP contribution in [0.1, 0.15) is 39.1 Å². The first-order chi connectivity index (χ1) is 9.97. The van der Waals surface area contributed by atoms with E-state index < -0.39 is 0 Å². The molecule has 0 radical (unpaired) electrons. The minimum absolute atomic E-state index is 0.242. The van der Waals surface area contributed by atoms with Crippen LogP contribution < -0.4 is 17.0 Å². The van der Waals surface area contributed by atoms with Gasteiger partial charge in [0.15, 0.2) is 11.2 Å². The van der Waals surface area contributed by atoms with Crippen molar-refractivity contribution in [2.75, 3.05) is 6.54 Å². The molecule has 116 valence electrons. The van der Waals surface area contributed by atoms with Crippen molar-refractivity contribution in [3.8, 4) is 0 Å². The van der Waals surface area contributed by atoms with E-state index in [-0.39, 0.29) is 23.8 Å². The third kappa shape index (κ3) is 2.31. The molecule has 0 amide bonds. The van der Waals surface area contributed by atoms with Crippen LogP contribution >= 0.6 is 0 Å². The van der Waals surface area contributed by atoms with Crippen molar-refractivity contribution in [3.63, 3.8) is 0 Å². The molecule has 0 saturated carbocycles. The third-order valence-electron chi connectivity index (χ3n) is 3.80. The van der Waals surface area contributed by atoms with Gasteiger partial charge in [-0.1, -0.05) is 6.92 Å². The van der Waals surface area contributed by atoms with Gasteiger partial charge in [0.05, 0.1) is 6.04 Å². The molecule has 1 atom stereocenters. The molecule has 2 rings (SSSR count). The summed E-state index contributed by atoms with van der Waals surface area (Å²) in [6.45, 7) is 8.99. The van der Waals surface area contributed by atoms with Gasteiger partial charge >= 0.3 is 5.69 Å². The van der Waals surface area contributed by atoms with E-state index >= 15 is 0 Å². The first kappa shape index (κ1) is 15.5. The molecule has 0 aromatic carbocycles. The van der Waals surface area contributed by atoms with Crippen LogP contribution in [0.4, 0.5) is 0 Å². The van der Waals surface area contributed by atoms with Crippen molar-refractivity contribution in [2.45, 2.75) is 53.2 Å². The molecule has 0 fully saturated rings. The average Bonchev–Trinajstić information content (AvgIpc) is 2.79. The van der Waals surface area contributed by atoms with Crippen molar-refractivity contribution in [3.05, 3.63) is 26.7 Å². The molecule has 2 heterocycles. The number of nitrogens with zero attached hydrogens (tertiary/aromatic N) is 4. The Morgan fingerprint density at radius 1 is 1.24 bits per heavy atom. The quantitative estimate of drug-likeness (QED) is 0.875. The molecule has 2 N–H and O–H groups in total. The zero-order valence-electron chi connectivity index (χ0n) is 13.1. The summed E-state index contributed by atoms with van der Waals surface area (Å²) in [7, 11) is 0. The average molecular weight is 293 g/mol. The van der Waals surface area contributed by atoms with E-state index in [4.69, 9.17) is 5.73 Å². The lowest BCUT2D eigenvalue weighted by molar-refractivity contribution is 0.485. The van der Waals surface area contributed by atoms with Crippen LogP contribution in [0.2, 0.25) is 0 Å². The number of aromatic nitrogens is 4. The van der Waals surface area contributed by atoms with Gasteiger partial charge in [0.25, 0.3) is 5.56 Å². The molecular formula is C14H23N5O2. The first-order valence-corrected chi connectivity index (χ1v) is 7.40. The Morgan fingerprint density at radius 2 is 1.90 bits per heavy atom. The van der Waals surface area contributed by atoms with Gasteiger partial charge in [-0.3, -0.25) is 13.9 Å². The second kappa shape index (κ2) is 5.85. The third-order valence-corrected chi connectivity index (χ3v) is 3.80. The van der Waals surface area contributed by atoms with Crippen LogP contribution in [0.3, 0.4) is 0 Å². The molecule has 7 heteroatoms. The zero-order chi connectivity index (χ0) is 15.7. The largest absolute Gasteiger partial charge is 0.333 e. The van der Waals surface area contributed by atoms with E-state index in [1.165, 1.54) is 4.57 Å². The fourth-order valence-electron chi connectivity index (χ4n) is 2.68. The standard InChI is InChI=1S/C14H23N5O2/c1-5-7-18-12-11(17(6-2)10(4)16-12)13(20)19(14(18)21)9(3)8-15/h9H,5-8,15H2,1-4H3. The summed E-state index contributed by atoms with van der Waals surface area (Å²) in [6, 6.07) is -0.335. The summed E-state index contributed by atoms with van der Waals surface area (Å²) < 4.78 is 4.69. The Labute approximate surface area is 123 Å². The highest BCUT2D eigenvalue weighted by atomic mass is 16.2. The van der Waals surface area contributed by atoms with Gasteiger partial charge in [-0.05, 0) is 27.2 Å². The monoisotopic (exact) mass is 293 g/mol. The minimum atomic E-state index is -0.335. The number of aryl methyl sites for hydroxylation is 3. The smallest absolute Gasteiger partial charge is 0.328 e. The maximum absolute atomic E-state index is 12.7. The van der Waals surface area contributed by atoms with Gasteiger partial charge in [-0.15, -0.1) is 0 Å². The zero-order valence-corrected chi connectivity index (χ0v) is 13.1. The van der Waals surface area contributed by atoms with Crippen LogP contribution in [0.5, 0.6) is 0 Å². The lowest BCUT2D eigenvalue weighted by Crippen LogP contribution is -2.43. The summed E-state index contributed by atoms with van der Waals surface area (Å²) in [5, 5.41) is 0. The van der Waals surface area contributed by atoms with Crippen molar-refractivity contribution < 1.29 is 0 Å². The normalized spacial score (nSPS) is 13.0.